The van der Waals surface area contributed by atoms with Crippen LogP contribution in [0.25, 0.3) is 0 Å². The van der Waals surface area contributed by atoms with Gasteiger partial charge in [-0.3, -0.25) is 14.5 Å². The van der Waals surface area contributed by atoms with Crippen LogP contribution in [0, 0.1) is 21.3 Å². The molecule has 37 heavy (non-hydrogen) atoms. The summed E-state index contributed by atoms with van der Waals surface area (Å²) in [5, 5.41) is 55.1. The number of allylic oxidation sites excluding steroid dienone is 2. The lowest BCUT2D eigenvalue weighted by atomic mass is 9.57. The lowest BCUT2D eigenvalue weighted by Crippen LogP contribution is -2.55. The number of hydrogen-bond acceptors (Lipinski definition) is 8. The minimum Gasteiger partial charge on any atom is -0.512 e. The molecule has 1 aromatic rings. The third-order valence-corrected chi connectivity index (χ3v) is 9.46. The zero-order valence-electron chi connectivity index (χ0n) is 20.3. The van der Waals surface area contributed by atoms with Gasteiger partial charge in [0.2, 0.25) is 0 Å². The van der Waals surface area contributed by atoms with Crippen LogP contribution in [0.2, 0.25) is 0 Å². The maximum absolute atomic E-state index is 13.9. The number of hydrogen-bond donors (Lipinski definition) is 6. The van der Waals surface area contributed by atoms with Crippen LogP contribution in [0.3, 0.4) is 0 Å². The van der Waals surface area contributed by atoms with Gasteiger partial charge in [0.1, 0.15) is 23.0 Å². The van der Waals surface area contributed by atoms with E-state index in [-0.39, 0.29) is 23.3 Å². The fourth-order valence-electron chi connectivity index (χ4n) is 6.86. The SMILES string of the molecule is C=C(O)[C@]1(O)C(C(N)=O)=C(O)CC2CC3Cc4c(I)cc(CN5CCCCC5)c(O)c4C(=O)C3=C(O)C21. The van der Waals surface area contributed by atoms with E-state index in [4.69, 9.17) is 5.73 Å². The highest BCUT2D eigenvalue weighted by Crippen LogP contribution is 2.55. The molecule has 1 heterocycles. The summed E-state index contributed by atoms with van der Waals surface area (Å²) in [4.78, 5) is 28.3. The smallest absolute Gasteiger partial charge is 0.251 e. The van der Waals surface area contributed by atoms with Gasteiger partial charge in [-0.05, 0) is 84.8 Å². The average Bonchev–Trinajstić information content (AvgIpc) is 2.82. The molecular weight excluding hydrogens is 591 g/mol. The molecule has 0 radical (unpaired) electrons. The number of phenolic OH excluding ortho intramolecular Hbond substituents is 1. The molecule has 1 fully saturated rings. The predicted molar refractivity (Wildman–Crippen MR) is 143 cm³/mol. The second-order valence-corrected chi connectivity index (χ2v) is 11.8. The monoisotopic (exact) mass is 622 g/mol. The number of piperidine rings is 1. The first-order valence-corrected chi connectivity index (χ1v) is 13.6. The van der Waals surface area contributed by atoms with E-state index in [2.05, 4.69) is 34.1 Å². The first-order valence-electron chi connectivity index (χ1n) is 12.5. The molecule has 0 aromatic heterocycles. The zero-order valence-corrected chi connectivity index (χ0v) is 22.5. The third-order valence-electron chi connectivity index (χ3n) is 8.50. The Hall–Kier alpha value is -2.57. The second-order valence-electron chi connectivity index (χ2n) is 10.7. The van der Waals surface area contributed by atoms with Gasteiger partial charge in [-0.25, -0.2) is 0 Å². The number of benzene rings is 1. The second kappa shape index (κ2) is 9.32. The van der Waals surface area contributed by atoms with Crippen molar-refractivity contribution in [2.45, 2.75) is 50.7 Å². The number of carbonyl (C=O) groups is 2. The molecule has 4 aliphatic rings. The standard InChI is InChI=1S/C27H31IN2O7/c1-12(31)27(37)21-14(10-18(32)22(27)26(29)36)7-13-8-16-17(28)9-15(11-30-5-3-2-4-6-30)23(33)20(16)24(34)19(13)25(21)35/h9,13-14,21,31-33,35,37H,1-8,10-11H2,(H2,29,36)/t13?,14?,21?,27-/m1/s1. The first kappa shape index (κ1) is 26.1. The normalized spacial score (nSPS) is 30.0. The highest BCUT2D eigenvalue weighted by molar-refractivity contribution is 14.1. The van der Waals surface area contributed by atoms with Gasteiger partial charge in [-0.2, -0.15) is 0 Å². The summed E-state index contributed by atoms with van der Waals surface area (Å²) in [5.41, 5.74) is 3.76. The van der Waals surface area contributed by atoms with Crippen molar-refractivity contribution in [2.24, 2.45) is 23.5 Å². The van der Waals surface area contributed by atoms with Crippen LogP contribution in [0.5, 0.6) is 5.75 Å². The van der Waals surface area contributed by atoms with Gasteiger partial charge in [0.05, 0.1) is 17.1 Å². The lowest BCUT2D eigenvalue weighted by molar-refractivity contribution is -0.120. The van der Waals surface area contributed by atoms with Crippen LogP contribution in [-0.2, 0) is 17.8 Å². The number of aromatic hydroxyl groups is 1. The van der Waals surface area contributed by atoms with Gasteiger partial charge in [0, 0.05) is 27.7 Å². The molecule has 198 valence electrons. The number of phenols is 1. The van der Waals surface area contributed by atoms with E-state index in [0.29, 0.717) is 30.5 Å². The zero-order chi connectivity index (χ0) is 26.8. The van der Waals surface area contributed by atoms with Crippen molar-refractivity contribution >= 4 is 34.3 Å². The van der Waals surface area contributed by atoms with E-state index in [1.807, 2.05) is 6.07 Å². The summed E-state index contributed by atoms with van der Waals surface area (Å²) < 4.78 is 0.856. The molecule has 1 saturated heterocycles. The van der Waals surface area contributed by atoms with Crippen molar-refractivity contribution in [1.82, 2.24) is 4.90 Å². The Morgan fingerprint density at radius 1 is 1.19 bits per heavy atom. The van der Waals surface area contributed by atoms with Crippen LogP contribution >= 0.6 is 22.6 Å². The third kappa shape index (κ3) is 3.95. The molecule has 3 unspecified atom stereocenters. The van der Waals surface area contributed by atoms with E-state index in [0.717, 1.165) is 29.5 Å². The van der Waals surface area contributed by atoms with Gasteiger partial charge in [0.25, 0.3) is 5.91 Å². The average molecular weight is 622 g/mol. The maximum atomic E-state index is 13.9. The summed E-state index contributed by atoms with van der Waals surface area (Å²) in [6.07, 6.45) is 3.96. The number of carbonyl (C=O) groups excluding carboxylic acids is 2. The van der Waals surface area contributed by atoms with Gasteiger partial charge in [-0.1, -0.05) is 13.0 Å². The summed E-state index contributed by atoms with van der Waals surface area (Å²) >= 11 is 2.18. The number of rotatable bonds is 4. The molecule has 0 bridgehead atoms. The molecule has 4 atom stereocenters. The molecule has 1 amide bonds. The first-order chi connectivity index (χ1) is 17.5. The summed E-state index contributed by atoms with van der Waals surface area (Å²) in [6, 6.07) is 1.92. The van der Waals surface area contributed by atoms with Crippen LogP contribution in [0.15, 0.2) is 41.1 Å². The molecule has 1 aromatic carbocycles. The fraction of sp³-hybridized carbons (Fsp3) is 0.481. The topological polar surface area (TPSA) is 165 Å². The van der Waals surface area contributed by atoms with Gasteiger partial charge in [0.15, 0.2) is 11.4 Å². The molecule has 5 rings (SSSR count). The minimum absolute atomic E-state index is 0.0415. The van der Waals surface area contributed by atoms with Crippen molar-refractivity contribution in [3.63, 3.8) is 0 Å². The number of nitrogens with zero attached hydrogens (tertiary/aromatic N) is 1. The minimum atomic E-state index is -2.56. The molecule has 9 nitrogen and oxygen atoms in total. The van der Waals surface area contributed by atoms with Crippen LogP contribution in [0.4, 0.5) is 0 Å². The van der Waals surface area contributed by atoms with E-state index in [9.17, 15) is 35.1 Å². The number of primary amides is 1. The van der Waals surface area contributed by atoms with E-state index in [1.165, 1.54) is 6.42 Å². The summed E-state index contributed by atoms with van der Waals surface area (Å²) in [7, 11) is 0. The highest BCUT2D eigenvalue weighted by atomic mass is 127. The Morgan fingerprint density at radius 2 is 1.86 bits per heavy atom. The number of ketones is 1. The molecule has 10 heteroatoms. The largest absolute Gasteiger partial charge is 0.512 e. The summed E-state index contributed by atoms with van der Waals surface area (Å²) in [5.74, 6) is -5.95. The quantitative estimate of drug-likeness (QED) is 0.220. The fourth-order valence-corrected chi connectivity index (χ4v) is 7.73. The van der Waals surface area contributed by atoms with Crippen molar-refractivity contribution in [3.8, 4) is 5.75 Å². The number of fused-ring (bicyclic) bond motifs is 3. The van der Waals surface area contributed by atoms with Crippen LogP contribution in [0.1, 0.15) is 53.6 Å². The highest BCUT2D eigenvalue weighted by Gasteiger charge is 2.59. The Bertz CT molecular complexity index is 1280. The number of Topliss-reactive ketones (excluding diaryl/α,β-unsaturated/α-hetero) is 1. The van der Waals surface area contributed by atoms with E-state index in [1.54, 1.807) is 0 Å². The van der Waals surface area contributed by atoms with Gasteiger partial charge in [-0.15, -0.1) is 0 Å². The van der Waals surface area contributed by atoms with Crippen LogP contribution in [-0.4, -0.2) is 60.8 Å². The molecule has 0 saturated carbocycles. The van der Waals surface area contributed by atoms with Crippen molar-refractivity contribution in [2.75, 3.05) is 13.1 Å². The molecule has 1 aliphatic heterocycles. The molecule has 7 N–H and O–H groups in total. The van der Waals surface area contributed by atoms with Crippen molar-refractivity contribution in [3.05, 3.63) is 61.3 Å². The van der Waals surface area contributed by atoms with Crippen molar-refractivity contribution in [1.29, 1.82) is 0 Å². The Morgan fingerprint density at radius 3 is 2.49 bits per heavy atom. The Balaban J connectivity index is 1.61. The van der Waals surface area contributed by atoms with E-state index < -0.39 is 57.9 Å². The number of halogens is 1. The number of amides is 1. The molecule has 0 spiro atoms. The summed E-state index contributed by atoms with van der Waals surface area (Å²) in [6.45, 7) is 5.74. The van der Waals surface area contributed by atoms with E-state index >= 15 is 0 Å². The molecular formula is C27H31IN2O7. The van der Waals surface area contributed by atoms with Crippen LogP contribution < -0.4 is 5.73 Å². The van der Waals surface area contributed by atoms with Gasteiger partial charge >= 0.3 is 0 Å². The van der Waals surface area contributed by atoms with Crippen molar-refractivity contribution < 1.29 is 35.1 Å². The number of nitrogens with two attached hydrogens (primary N) is 1. The number of likely N-dealkylation sites (tertiary alicyclic amines) is 1. The van der Waals surface area contributed by atoms with Gasteiger partial charge < -0.3 is 31.3 Å². The number of aliphatic hydroxyl groups is 4. The lowest BCUT2D eigenvalue weighted by Gasteiger charge is -2.48. The maximum Gasteiger partial charge on any atom is 0.251 e. The molecule has 3 aliphatic carbocycles. The Kier molecular flexibility index (Phi) is 6.56. The Labute approximate surface area is 228 Å². The predicted octanol–water partition coefficient (Wildman–Crippen LogP) is 3.29. The number of aliphatic hydroxyl groups excluding tert-OH is 3.